The Bertz CT molecular complexity index is 709. The SMILES string of the molecule is CCOc1ccc(OC)cc1CCc1ccc(O)c(C(=O)OC)c1. The summed E-state index contributed by atoms with van der Waals surface area (Å²) >= 11 is 0. The van der Waals surface area contributed by atoms with Crippen LogP contribution in [0.1, 0.15) is 28.4 Å². The number of aryl methyl sites for hydroxylation is 2. The van der Waals surface area contributed by atoms with Gasteiger partial charge in [-0.05, 0) is 61.2 Å². The first-order chi connectivity index (χ1) is 11.6. The van der Waals surface area contributed by atoms with E-state index < -0.39 is 5.97 Å². The van der Waals surface area contributed by atoms with Gasteiger partial charge < -0.3 is 19.3 Å². The van der Waals surface area contributed by atoms with Gasteiger partial charge in [0.1, 0.15) is 22.8 Å². The molecule has 0 unspecified atom stereocenters. The summed E-state index contributed by atoms with van der Waals surface area (Å²) in [4.78, 5) is 11.7. The summed E-state index contributed by atoms with van der Waals surface area (Å²) < 4.78 is 15.6. The summed E-state index contributed by atoms with van der Waals surface area (Å²) in [5.74, 6) is 0.965. The third-order valence-corrected chi connectivity index (χ3v) is 3.72. The van der Waals surface area contributed by atoms with E-state index in [-0.39, 0.29) is 11.3 Å². The molecule has 0 saturated carbocycles. The largest absolute Gasteiger partial charge is 0.507 e. The summed E-state index contributed by atoms with van der Waals surface area (Å²) in [6, 6.07) is 10.7. The minimum Gasteiger partial charge on any atom is -0.507 e. The first-order valence-electron chi connectivity index (χ1n) is 7.79. The van der Waals surface area contributed by atoms with Gasteiger partial charge in [0.2, 0.25) is 0 Å². The van der Waals surface area contributed by atoms with E-state index in [1.807, 2.05) is 25.1 Å². The molecule has 0 aliphatic rings. The van der Waals surface area contributed by atoms with E-state index in [4.69, 9.17) is 9.47 Å². The summed E-state index contributed by atoms with van der Waals surface area (Å²) in [5, 5.41) is 9.77. The van der Waals surface area contributed by atoms with Crippen LogP contribution in [0.3, 0.4) is 0 Å². The second-order valence-corrected chi connectivity index (χ2v) is 5.25. The molecule has 1 N–H and O–H groups in total. The molecule has 2 aromatic carbocycles. The number of phenolic OH excluding ortho intramolecular Hbond substituents is 1. The van der Waals surface area contributed by atoms with Gasteiger partial charge in [0.15, 0.2) is 0 Å². The fourth-order valence-corrected chi connectivity index (χ4v) is 2.47. The van der Waals surface area contributed by atoms with Crippen LogP contribution >= 0.6 is 0 Å². The lowest BCUT2D eigenvalue weighted by molar-refractivity contribution is 0.0597. The number of hydrogen-bond donors (Lipinski definition) is 1. The zero-order chi connectivity index (χ0) is 17.5. The molecule has 5 nitrogen and oxygen atoms in total. The predicted octanol–water partition coefficient (Wildman–Crippen LogP) is 3.37. The van der Waals surface area contributed by atoms with Gasteiger partial charge in [-0.1, -0.05) is 6.07 Å². The molecule has 2 aromatic rings. The fraction of sp³-hybridized carbons (Fsp3) is 0.316. The van der Waals surface area contributed by atoms with Crippen LogP contribution in [0.4, 0.5) is 0 Å². The summed E-state index contributed by atoms with van der Waals surface area (Å²) in [7, 11) is 2.92. The molecule has 0 atom stereocenters. The van der Waals surface area contributed by atoms with Crippen LogP contribution in [0.25, 0.3) is 0 Å². The van der Waals surface area contributed by atoms with Crippen molar-refractivity contribution in [2.45, 2.75) is 19.8 Å². The van der Waals surface area contributed by atoms with Gasteiger partial charge in [0.05, 0.1) is 20.8 Å². The Morgan fingerprint density at radius 2 is 1.88 bits per heavy atom. The number of esters is 1. The van der Waals surface area contributed by atoms with Crippen molar-refractivity contribution in [1.29, 1.82) is 0 Å². The van der Waals surface area contributed by atoms with E-state index in [1.165, 1.54) is 13.2 Å². The Morgan fingerprint density at radius 3 is 2.54 bits per heavy atom. The van der Waals surface area contributed by atoms with Gasteiger partial charge >= 0.3 is 5.97 Å². The van der Waals surface area contributed by atoms with Crippen molar-refractivity contribution in [3.63, 3.8) is 0 Å². The Hall–Kier alpha value is -2.69. The zero-order valence-electron chi connectivity index (χ0n) is 14.2. The minimum atomic E-state index is -0.550. The van der Waals surface area contributed by atoms with Gasteiger partial charge in [-0.25, -0.2) is 4.79 Å². The number of methoxy groups -OCH3 is 2. The Balaban J connectivity index is 2.20. The molecule has 0 aromatic heterocycles. The summed E-state index contributed by atoms with van der Waals surface area (Å²) in [5.41, 5.74) is 2.13. The van der Waals surface area contributed by atoms with Crippen LogP contribution < -0.4 is 9.47 Å². The molecule has 0 saturated heterocycles. The number of carbonyl (C=O) groups excluding carboxylic acids is 1. The monoisotopic (exact) mass is 330 g/mol. The van der Waals surface area contributed by atoms with Crippen LogP contribution in [0.5, 0.6) is 17.2 Å². The number of benzene rings is 2. The van der Waals surface area contributed by atoms with Crippen molar-refractivity contribution < 1.29 is 24.1 Å². The number of rotatable bonds is 7. The van der Waals surface area contributed by atoms with E-state index in [2.05, 4.69) is 4.74 Å². The second kappa shape index (κ2) is 8.24. The van der Waals surface area contributed by atoms with Gasteiger partial charge in [0.25, 0.3) is 0 Å². The third kappa shape index (κ3) is 4.19. The molecule has 5 heteroatoms. The third-order valence-electron chi connectivity index (χ3n) is 3.72. The molecule has 0 heterocycles. The molecule has 0 spiro atoms. The Morgan fingerprint density at radius 1 is 1.08 bits per heavy atom. The first kappa shape index (κ1) is 17.7. The summed E-state index contributed by atoms with van der Waals surface area (Å²) in [6.07, 6.45) is 1.41. The molecule has 0 fully saturated rings. The average molecular weight is 330 g/mol. The molecular weight excluding hydrogens is 308 g/mol. The van der Waals surface area contributed by atoms with E-state index in [0.29, 0.717) is 13.0 Å². The molecule has 0 amide bonds. The Kier molecular flexibility index (Phi) is 6.07. The molecule has 24 heavy (non-hydrogen) atoms. The molecule has 0 aliphatic heterocycles. The zero-order valence-corrected chi connectivity index (χ0v) is 14.2. The van der Waals surface area contributed by atoms with Gasteiger partial charge in [-0.3, -0.25) is 0 Å². The van der Waals surface area contributed by atoms with Crippen molar-refractivity contribution in [2.75, 3.05) is 20.8 Å². The molecule has 0 radical (unpaired) electrons. The van der Waals surface area contributed by atoms with Crippen LogP contribution in [-0.2, 0) is 17.6 Å². The van der Waals surface area contributed by atoms with Crippen molar-refractivity contribution >= 4 is 5.97 Å². The highest BCUT2D eigenvalue weighted by Crippen LogP contribution is 2.26. The number of carbonyl (C=O) groups is 1. The van der Waals surface area contributed by atoms with Gasteiger partial charge in [-0.15, -0.1) is 0 Å². The fourth-order valence-electron chi connectivity index (χ4n) is 2.47. The van der Waals surface area contributed by atoms with Crippen molar-refractivity contribution in [3.05, 3.63) is 53.1 Å². The van der Waals surface area contributed by atoms with Crippen LogP contribution in [0, 0.1) is 0 Å². The van der Waals surface area contributed by atoms with Crippen molar-refractivity contribution in [2.24, 2.45) is 0 Å². The lowest BCUT2D eigenvalue weighted by Gasteiger charge is -2.12. The van der Waals surface area contributed by atoms with E-state index in [0.717, 1.165) is 29.0 Å². The van der Waals surface area contributed by atoms with Crippen LogP contribution in [0.15, 0.2) is 36.4 Å². The smallest absolute Gasteiger partial charge is 0.341 e. The normalized spacial score (nSPS) is 10.3. The maximum atomic E-state index is 11.7. The lowest BCUT2D eigenvalue weighted by atomic mass is 10.0. The van der Waals surface area contributed by atoms with E-state index >= 15 is 0 Å². The number of aromatic hydroxyl groups is 1. The minimum absolute atomic E-state index is 0.0815. The maximum absolute atomic E-state index is 11.7. The molecular formula is C19H22O5. The number of ether oxygens (including phenoxy) is 3. The standard InChI is InChI=1S/C19H22O5/c1-4-24-18-10-8-15(22-2)12-14(18)7-5-13-6-9-17(20)16(11-13)19(21)23-3/h6,8-12,20H,4-5,7H2,1-3H3. The Labute approximate surface area is 141 Å². The second-order valence-electron chi connectivity index (χ2n) is 5.25. The topological polar surface area (TPSA) is 65.0 Å². The highest BCUT2D eigenvalue weighted by molar-refractivity contribution is 5.92. The van der Waals surface area contributed by atoms with Crippen molar-refractivity contribution in [1.82, 2.24) is 0 Å². The van der Waals surface area contributed by atoms with Crippen LogP contribution in [0.2, 0.25) is 0 Å². The summed E-state index contributed by atoms with van der Waals surface area (Å²) in [6.45, 7) is 2.53. The highest BCUT2D eigenvalue weighted by atomic mass is 16.5. The van der Waals surface area contributed by atoms with Gasteiger partial charge in [0, 0.05) is 0 Å². The molecule has 128 valence electrons. The van der Waals surface area contributed by atoms with E-state index in [1.54, 1.807) is 19.2 Å². The first-order valence-corrected chi connectivity index (χ1v) is 7.79. The average Bonchev–Trinajstić information content (AvgIpc) is 2.61. The van der Waals surface area contributed by atoms with E-state index in [9.17, 15) is 9.90 Å². The highest BCUT2D eigenvalue weighted by Gasteiger charge is 2.13. The molecule has 0 aliphatic carbocycles. The van der Waals surface area contributed by atoms with Gasteiger partial charge in [-0.2, -0.15) is 0 Å². The van der Waals surface area contributed by atoms with Crippen LogP contribution in [-0.4, -0.2) is 31.9 Å². The number of hydrogen-bond acceptors (Lipinski definition) is 5. The lowest BCUT2D eigenvalue weighted by Crippen LogP contribution is -2.03. The van der Waals surface area contributed by atoms with Crippen molar-refractivity contribution in [3.8, 4) is 17.2 Å². The quantitative estimate of drug-likeness (QED) is 0.789. The predicted molar refractivity (Wildman–Crippen MR) is 91.0 cm³/mol. The maximum Gasteiger partial charge on any atom is 0.341 e. The number of phenols is 1. The molecule has 0 bridgehead atoms. The molecule has 2 rings (SSSR count).